The molecule has 504 valence electrons. The van der Waals surface area contributed by atoms with Crippen molar-refractivity contribution in [2.45, 2.75) is 158 Å². The van der Waals surface area contributed by atoms with Crippen LogP contribution in [0.25, 0.3) is 75.4 Å². The van der Waals surface area contributed by atoms with Crippen LogP contribution in [-0.2, 0) is 0 Å². The van der Waals surface area contributed by atoms with Crippen molar-refractivity contribution in [2.75, 3.05) is 0 Å². The van der Waals surface area contributed by atoms with Gasteiger partial charge >= 0.3 is 0 Å². The average molecular weight is 1300 g/mol. The lowest BCUT2D eigenvalue weighted by molar-refractivity contribution is -0.384. The number of hydrogen-bond donors (Lipinski definition) is 0. The minimum Gasteiger partial charge on any atom is -0.352 e. The van der Waals surface area contributed by atoms with Gasteiger partial charge in [-0.3, -0.25) is 15.1 Å². The molecule has 98 heavy (non-hydrogen) atoms. The molecule has 7 heteroatoms. The quantitative estimate of drug-likeness (QED) is 0.0820. The van der Waals surface area contributed by atoms with E-state index in [9.17, 15) is 10.1 Å². The van der Waals surface area contributed by atoms with Crippen LogP contribution >= 0.6 is 0 Å². The van der Waals surface area contributed by atoms with Crippen molar-refractivity contribution in [3.05, 3.63) is 305 Å². The minimum atomic E-state index is -0.390. The van der Waals surface area contributed by atoms with Gasteiger partial charge < -0.3 is 9.13 Å². The van der Waals surface area contributed by atoms with Crippen molar-refractivity contribution in [3.63, 3.8) is 0 Å². The fraction of sp³-hybridized carbons (Fsp3) is 0.275. The number of aromatic nitrogens is 2. The van der Waals surface area contributed by atoms with Gasteiger partial charge in [-0.1, -0.05) is 308 Å². The van der Waals surface area contributed by atoms with Crippen molar-refractivity contribution in [1.29, 1.82) is 0 Å². The first-order valence-corrected chi connectivity index (χ1v) is 35.2. The first-order chi connectivity index (χ1) is 47.1. The second-order valence-corrected chi connectivity index (χ2v) is 27.8. The highest BCUT2D eigenvalue weighted by Gasteiger charge is 2.14. The molecule has 1 atom stereocenters. The average Bonchev–Trinajstić information content (AvgIpc) is 0.942. The summed E-state index contributed by atoms with van der Waals surface area (Å²) in [7, 11) is 0. The highest BCUT2D eigenvalue weighted by molar-refractivity contribution is 6.23. The fourth-order valence-electron chi connectivity index (χ4n) is 12.1. The molecule has 0 radical (unpaired) electrons. The van der Waals surface area contributed by atoms with Gasteiger partial charge in [-0.2, -0.15) is 0 Å². The van der Waals surface area contributed by atoms with Crippen LogP contribution in [0, 0.1) is 16.0 Å². The largest absolute Gasteiger partial charge is 0.352 e. The molecule has 0 N–H and O–H groups in total. The van der Waals surface area contributed by atoms with Crippen molar-refractivity contribution >= 4 is 93.6 Å². The van der Waals surface area contributed by atoms with Gasteiger partial charge in [-0.25, -0.2) is 4.99 Å². The van der Waals surface area contributed by atoms with Gasteiger partial charge in [0.2, 0.25) is 0 Å². The number of fused-ring (bicyclic) bond motifs is 5. The van der Waals surface area contributed by atoms with Crippen LogP contribution in [0.5, 0.6) is 0 Å². The van der Waals surface area contributed by atoms with Crippen LogP contribution in [0.15, 0.2) is 277 Å². The topological polar surface area (TPSA) is 77.7 Å². The lowest BCUT2D eigenvalue weighted by atomic mass is 9.89. The SMILES string of the molecule is CC(C)C1C=NC=N1.CC(C)c1cc2ccccc2c2ccccc12.CC(C)c1ccc2ccc3cccc4ccc1c2c34.CC(C)c1ccc2ccccc2c1.CC(C)c1cccc2ccccc12.CC(C)c1ccccc1.CC(C)n1ccc([N+](=O)[O-])c1.CC(C)n1cccc1. The van der Waals surface area contributed by atoms with Gasteiger partial charge in [0.1, 0.15) is 6.34 Å². The van der Waals surface area contributed by atoms with E-state index in [-0.39, 0.29) is 11.7 Å². The Bertz CT molecular complexity index is 4780. The lowest BCUT2D eigenvalue weighted by Crippen LogP contribution is -2.10. The van der Waals surface area contributed by atoms with Crippen LogP contribution in [0.4, 0.5) is 5.69 Å². The third kappa shape index (κ3) is 19.8. The summed E-state index contributed by atoms with van der Waals surface area (Å²) in [6.45, 7) is 35.0. The standard InChI is InChI=1S/C19H16.C17H16.2C13H14.C9H12.C7H10N2O2.C7H11N.C6H10N2/c1-12(2)16-10-8-15-7-6-13-4-3-5-14-9-11-17(16)19(15)18(13)14;1-12(2)17-11-13-7-3-4-8-14(13)15-9-5-6-10-16(15)17;1-10(2)12-9-5-7-11-6-3-4-8-13(11)12;1-10(2)12-8-7-11-5-3-4-6-13(11)9-12;1-8(2)9-6-4-3-5-7-9;1-6(2)8-4-3-7(5-8)9(10)11;1-7(2)8-5-3-4-6-8;1-5(2)6-3-7-4-8-6/h3-12H,1-2H3;3-12H,1-2H3;2*3-10H,1-2H3;3-8H,1-2H3;3-6H,1-2H3;3-7H,1-2H3;3-6H,1-2H3. The van der Waals surface area contributed by atoms with Crippen LogP contribution in [-0.4, -0.2) is 32.7 Å². The molecule has 7 nitrogen and oxygen atoms in total. The number of rotatable bonds is 9. The molecule has 0 spiro atoms. The molecule has 3 heterocycles. The maximum atomic E-state index is 10.2. The third-order valence-corrected chi connectivity index (χ3v) is 17.9. The molecule has 0 fully saturated rings. The van der Waals surface area contributed by atoms with Crippen molar-refractivity contribution in [3.8, 4) is 0 Å². The summed E-state index contributed by atoms with van der Waals surface area (Å²) in [5.41, 5.74) is 7.32. The Labute approximate surface area is 584 Å². The predicted molar refractivity (Wildman–Crippen MR) is 428 cm³/mol. The molecule has 0 saturated heterocycles. The number of nitrogens with zero attached hydrogens (tertiary/aromatic N) is 5. The van der Waals surface area contributed by atoms with Gasteiger partial charge in [-0.15, -0.1) is 0 Å². The van der Waals surface area contributed by atoms with E-state index in [1.165, 1.54) is 115 Å². The second kappa shape index (κ2) is 35.8. The summed E-state index contributed by atoms with van der Waals surface area (Å²) >= 11 is 0. The van der Waals surface area contributed by atoms with E-state index < -0.39 is 4.92 Å². The van der Waals surface area contributed by atoms with Crippen molar-refractivity contribution in [2.24, 2.45) is 15.9 Å². The molecule has 12 aromatic carbocycles. The van der Waals surface area contributed by atoms with E-state index in [1.807, 2.05) is 38.3 Å². The summed E-state index contributed by atoms with van der Waals surface area (Å²) in [4.78, 5) is 17.8. The van der Waals surface area contributed by atoms with Gasteiger partial charge in [0.25, 0.3) is 5.69 Å². The van der Waals surface area contributed by atoms with Gasteiger partial charge in [0, 0.05) is 43.0 Å². The van der Waals surface area contributed by atoms with E-state index >= 15 is 0 Å². The zero-order chi connectivity index (χ0) is 70.4. The Hall–Kier alpha value is -9.98. The summed E-state index contributed by atoms with van der Waals surface area (Å²) in [6.07, 6.45) is 10.9. The Morgan fingerprint density at radius 3 is 1.35 bits per heavy atom. The zero-order valence-electron chi connectivity index (χ0n) is 60.8. The van der Waals surface area contributed by atoms with Crippen LogP contribution < -0.4 is 0 Å². The van der Waals surface area contributed by atoms with Crippen LogP contribution in [0.2, 0.25) is 0 Å². The normalized spacial score (nSPS) is 12.3. The predicted octanol–water partition coefficient (Wildman–Crippen LogP) is 26.7. The van der Waals surface area contributed by atoms with E-state index in [1.54, 1.807) is 17.1 Å². The number of hydrogen-bond acceptors (Lipinski definition) is 4. The maximum Gasteiger partial charge on any atom is 0.286 e. The minimum absolute atomic E-state index is 0.152. The van der Waals surface area contributed by atoms with Crippen molar-refractivity contribution in [1.82, 2.24) is 9.13 Å². The summed E-state index contributed by atoms with van der Waals surface area (Å²) in [6, 6.07) is 87.4. The fourth-order valence-corrected chi connectivity index (χ4v) is 12.1. The van der Waals surface area contributed by atoms with Gasteiger partial charge in [0.15, 0.2) is 0 Å². The Kier molecular flexibility index (Phi) is 27.0. The molecule has 2 aromatic heterocycles. The van der Waals surface area contributed by atoms with E-state index in [4.69, 9.17) is 0 Å². The monoisotopic (exact) mass is 1300 g/mol. The number of benzene rings is 12. The molecule has 0 saturated carbocycles. The van der Waals surface area contributed by atoms with Crippen LogP contribution in [0.1, 0.15) is 180 Å². The molecule has 1 aliphatic rings. The first kappa shape index (κ1) is 73.8. The smallest absolute Gasteiger partial charge is 0.286 e. The molecule has 0 aliphatic carbocycles. The summed E-state index contributed by atoms with van der Waals surface area (Å²) in [5.74, 6) is 3.59. The Balaban J connectivity index is 0.000000146. The molecular weight excluding hydrogens is 1200 g/mol. The highest BCUT2D eigenvalue weighted by Crippen LogP contribution is 2.38. The number of aliphatic imine (C=N–C) groups is 2. The highest BCUT2D eigenvalue weighted by atomic mass is 16.6. The molecule has 0 amide bonds. The molecular formula is C91H103N5O2. The summed E-state index contributed by atoms with van der Waals surface area (Å²) < 4.78 is 3.97. The van der Waals surface area contributed by atoms with E-state index in [2.05, 4.69) is 342 Å². The molecule has 0 bridgehead atoms. The first-order valence-electron chi connectivity index (χ1n) is 35.2. The molecule has 1 aliphatic heterocycles. The molecule has 14 aromatic rings. The van der Waals surface area contributed by atoms with Gasteiger partial charge in [-0.05, 0) is 179 Å². The Morgan fingerprint density at radius 2 is 0.827 bits per heavy atom. The number of nitro groups is 1. The zero-order valence-corrected chi connectivity index (χ0v) is 60.8. The van der Waals surface area contributed by atoms with Gasteiger partial charge in [0.05, 0.1) is 17.2 Å². The van der Waals surface area contributed by atoms with E-state index in [0.717, 1.165) is 0 Å². The van der Waals surface area contributed by atoms with E-state index in [0.29, 0.717) is 47.6 Å². The van der Waals surface area contributed by atoms with Crippen LogP contribution in [0.3, 0.4) is 0 Å². The Morgan fingerprint density at radius 1 is 0.347 bits per heavy atom. The molecule has 1 unspecified atom stereocenters. The second-order valence-electron chi connectivity index (χ2n) is 27.8. The lowest BCUT2D eigenvalue weighted by Gasteiger charge is -2.15. The molecule has 15 rings (SSSR count). The maximum absolute atomic E-state index is 10.2. The van der Waals surface area contributed by atoms with Crippen molar-refractivity contribution < 1.29 is 4.92 Å². The summed E-state index contributed by atoms with van der Waals surface area (Å²) in [5, 5.41) is 29.4. The third-order valence-electron chi connectivity index (χ3n) is 17.9.